The minimum atomic E-state index is -0.727. The normalized spacial score (nSPS) is 10.2. The van der Waals surface area contributed by atoms with Crippen LogP contribution in [0.5, 0.6) is 0 Å². The van der Waals surface area contributed by atoms with Crippen LogP contribution in [-0.4, -0.2) is 24.9 Å². The quantitative estimate of drug-likeness (QED) is 0.327. The molecule has 0 fully saturated rings. The van der Waals surface area contributed by atoms with Crippen LogP contribution in [0.1, 0.15) is 11.1 Å². The molecule has 6 heteroatoms. The molecule has 2 amide bonds. The van der Waals surface area contributed by atoms with Crippen LogP contribution in [-0.2, 0) is 22.4 Å². The van der Waals surface area contributed by atoms with E-state index in [9.17, 15) is 9.59 Å². The first-order valence-electron chi connectivity index (χ1n) is 7.89. The maximum Gasteiger partial charge on any atom is 0.324 e. The average Bonchev–Trinajstić information content (AvgIpc) is 2.63. The summed E-state index contributed by atoms with van der Waals surface area (Å²) in [5.74, 6) is -1.45. The molecular formula is C18H22N4O2. The van der Waals surface area contributed by atoms with Gasteiger partial charge in [0.2, 0.25) is 0 Å². The maximum atomic E-state index is 11.6. The number of nitrogens with one attached hydrogen (secondary N) is 4. The van der Waals surface area contributed by atoms with E-state index < -0.39 is 11.8 Å². The van der Waals surface area contributed by atoms with Gasteiger partial charge in [-0.3, -0.25) is 20.4 Å². The molecule has 0 saturated carbocycles. The van der Waals surface area contributed by atoms with Gasteiger partial charge in [-0.1, -0.05) is 60.7 Å². The molecule has 0 aliphatic carbocycles. The highest BCUT2D eigenvalue weighted by atomic mass is 16.2. The van der Waals surface area contributed by atoms with E-state index in [2.05, 4.69) is 21.7 Å². The standard InChI is InChI=1S/C18H22N4O2/c23-17(21-19-13-11-15-7-3-1-4-8-15)18(24)22-20-14-12-16-9-5-2-6-10-16/h1-10,19-20H,11-14H2,(H,21,23)(H,22,24). The van der Waals surface area contributed by atoms with Crippen molar-refractivity contribution in [2.45, 2.75) is 12.8 Å². The van der Waals surface area contributed by atoms with Crippen molar-refractivity contribution in [1.29, 1.82) is 0 Å². The van der Waals surface area contributed by atoms with Gasteiger partial charge in [-0.25, -0.2) is 10.9 Å². The van der Waals surface area contributed by atoms with Crippen molar-refractivity contribution in [3.63, 3.8) is 0 Å². The summed E-state index contributed by atoms with van der Waals surface area (Å²) in [5, 5.41) is 0. The van der Waals surface area contributed by atoms with Gasteiger partial charge in [0.25, 0.3) is 0 Å². The summed E-state index contributed by atoms with van der Waals surface area (Å²) in [6.07, 6.45) is 1.52. The van der Waals surface area contributed by atoms with E-state index >= 15 is 0 Å². The molecule has 4 N–H and O–H groups in total. The molecule has 0 aromatic heterocycles. The van der Waals surface area contributed by atoms with Gasteiger partial charge in [0, 0.05) is 13.1 Å². The first kappa shape index (κ1) is 17.7. The fourth-order valence-electron chi connectivity index (χ4n) is 2.10. The molecular weight excluding hydrogens is 304 g/mol. The molecule has 126 valence electrons. The van der Waals surface area contributed by atoms with Crippen LogP contribution < -0.4 is 21.7 Å². The van der Waals surface area contributed by atoms with Crippen molar-refractivity contribution >= 4 is 11.8 Å². The van der Waals surface area contributed by atoms with E-state index in [1.165, 1.54) is 0 Å². The highest BCUT2D eigenvalue weighted by Crippen LogP contribution is 1.98. The smallest absolute Gasteiger partial charge is 0.283 e. The Morgan fingerprint density at radius 2 is 1.00 bits per heavy atom. The Morgan fingerprint density at radius 3 is 1.38 bits per heavy atom. The van der Waals surface area contributed by atoms with E-state index in [-0.39, 0.29) is 0 Å². The van der Waals surface area contributed by atoms with Crippen molar-refractivity contribution in [3.8, 4) is 0 Å². The Bertz CT molecular complexity index is 574. The van der Waals surface area contributed by atoms with Gasteiger partial charge in [-0.05, 0) is 24.0 Å². The summed E-state index contributed by atoms with van der Waals surface area (Å²) < 4.78 is 0. The lowest BCUT2D eigenvalue weighted by Crippen LogP contribution is -2.50. The van der Waals surface area contributed by atoms with Crippen LogP contribution in [0.15, 0.2) is 60.7 Å². The lowest BCUT2D eigenvalue weighted by Gasteiger charge is -2.09. The number of carbonyl (C=O) groups is 2. The SMILES string of the molecule is O=C(NNCCc1ccccc1)C(=O)NNCCc1ccccc1. The highest BCUT2D eigenvalue weighted by molar-refractivity contribution is 6.34. The molecule has 6 nitrogen and oxygen atoms in total. The first-order valence-corrected chi connectivity index (χ1v) is 7.89. The summed E-state index contributed by atoms with van der Waals surface area (Å²) >= 11 is 0. The number of hydrogen-bond acceptors (Lipinski definition) is 4. The molecule has 0 radical (unpaired) electrons. The van der Waals surface area contributed by atoms with Gasteiger partial charge in [-0.15, -0.1) is 0 Å². The van der Waals surface area contributed by atoms with Crippen molar-refractivity contribution < 1.29 is 9.59 Å². The molecule has 0 saturated heterocycles. The minimum absolute atomic E-state index is 0.546. The molecule has 2 rings (SSSR count). The number of hydrogen-bond donors (Lipinski definition) is 4. The molecule has 0 bridgehead atoms. The molecule has 0 unspecified atom stereocenters. The number of hydrazine groups is 2. The molecule has 2 aromatic carbocycles. The van der Waals surface area contributed by atoms with Crippen LogP contribution in [0.4, 0.5) is 0 Å². The molecule has 0 atom stereocenters. The lowest BCUT2D eigenvalue weighted by molar-refractivity contribution is -0.140. The van der Waals surface area contributed by atoms with Gasteiger partial charge in [-0.2, -0.15) is 0 Å². The zero-order valence-corrected chi connectivity index (χ0v) is 13.4. The van der Waals surface area contributed by atoms with Crippen LogP contribution in [0.2, 0.25) is 0 Å². The summed E-state index contributed by atoms with van der Waals surface area (Å²) in [6.45, 7) is 1.09. The number of amides is 2. The summed E-state index contributed by atoms with van der Waals surface area (Å²) in [4.78, 5) is 23.2. The van der Waals surface area contributed by atoms with E-state index in [4.69, 9.17) is 0 Å². The first-order chi connectivity index (χ1) is 11.8. The van der Waals surface area contributed by atoms with Crippen molar-refractivity contribution in [1.82, 2.24) is 21.7 Å². The van der Waals surface area contributed by atoms with Crippen LogP contribution in [0.25, 0.3) is 0 Å². The summed E-state index contributed by atoms with van der Waals surface area (Å²) in [7, 11) is 0. The Labute approximate surface area is 141 Å². The lowest BCUT2D eigenvalue weighted by atomic mass is 10.2. The molecule has 0 aliphatic heterocycles. The number of carbonyl (C=O) groups excluding carboxylic acids is 2. The van der Waals surface area contributed by atoms with Gasteiger partial charge >= 0.3 is 11.8 Å². The van der Waals surface area contributed by atoms with E-state index in [1.54, 1.807) is 0 Å². The predicted molar refractivity (Wildman–Crippen MR) is 92.6 cm³/mol. The monoisotopic (exact) mass is 326 g/mol. The Hall–Kier alpha value is -2.70. The summed E-state index contributed by atoms with van der Waals surface area (Å²) in [6, 6.07) is 19.8. The fourth-order valence-corrected chi connectivity index (χ4v) is 2.10. The molecule has 24 heavy (non-hydrogen) atoms. The van der Waals surface area contributed by atoms with Gasteiger partial charge in [0.05, 0.1) is 0 Å². The zero-order valence-electron chi connectivity index (χ0n) is 13.4. The van der Waals surface area contributed by atoms with E-state index in [1.807, 2.05) is 60.7 Å². The zero-order chi connectivity index (χ0) is 17.0. The highest BCUT2D eigenvalue weighted by Gasteiger charge is 2.11. The van der Waals surface area contributed by atoms with Crippen molar-refractivity contribution in [3.05, 3.63) is 71.8 Å². The molecule has 0 heterocycles. The third-order valence-electron chi connectivity index (χ3n) is 3.37. The van der Waals surface area contributed by atoms with Gasteiger partial charge < -0.3 is 0 Å². The summed E-state index contributed by atoms with van der Waals surface area (Å²) in [5.41, 5.74) is 12.5. The second kappa shape index (κ2) is 10.1. The average molecular weight is 326 g/mol. The second-order valence-corrected chi connectivity index (χ2v) is 5.23. The molecule has 2 aromatic rings. The fraction of sp³-hybridized carbons (Fsp3) is 0.222. The Balaban J connectivity index is 1.54. The van der Waals surface area contributed by atoms with Crippen LogP contribution in [0, 0.1) is 0 Å². The number of rotatable bonds is 8. The van der Waals surface area contributed by atoms with Crippen LogP contribution in [0.3, 0.4) is 0 Å². The minimum Gasteiger partial charge on any atom is -0.283 e. The maximum absolute atomic E-state index is 11.6. The van der Waals surface area contributed by atoms with Crippen LogP contribution >= 0.6 is 0 Å². The Kier molecular flexibility index (Phi) is 7.46. The number of benzene rings is 2. The topological polar surface area (TPSA) is 82.3 Å². The largest absolute Gasteiger partial charge is 0.324 e. The second-order valence-electron chi connectivity index (χ2n) is 5.23. The van der Waals surface area contributed by atoms with Crippen molar-refractivity contribution in [2.75, 3.05) is 13.1 Å². The molecule has 0 aliphatic rings. The van der Waals surface area contributed by atoms with Crippen molar-refractivity contribution in [2.24, 2.45) is 0 Å². The predicted octanol–water partition coefficient (Wildman–Crippen LogP) is 0.713. The van der Waals surface area contributed by atoms with Gasteiger partial charge in [0.1, 0.15) is 0 Å². The Morgan fingerprint density at radius 1 is 0.625 bits per heavy atom. The van der Waals surface area contributed by atoms with E-state index in [0.29, 0.717) is 13.1 Å². The third-order valence-corrected chi connectivity index (χ3v) is 3.37. The third kappa shape index (κ3) is 6.60. The molecule has 0 spiro atoms. The van der Waals surface area contributed by atoms with E-state index in [0.717, 1.165) is 24.0 Å². The van der Waals surface area contributed by atoms with Gasteiger partial charge in [0.15, 0.2) is 0 Å².